The second kappa shape index (κ2) is 6.64. The number of nitrogens with one attached hydrogen (secondary N) is 2. The maximum absolute atomic E-state index is 10.9. The zero-order chi connectivity index (χ0) is 14.5. The molecule has 0 bridgehead atoms. The number of aromatic carboxylic acids is 1. The second-order valence-corrected chi connectivity index (χ2v) is 5.96. The van der Waals surface area contributed by atoms with Gasteiger partial charge in [-0.15, -0.1) is 0 Å². The van der Waals surface area contributed by atoms with Crippen LogP contribution in [-0.4, -0.2) is 48.6 Å². The average Bonchev–Trinajstić information content (AvgIpc) is 2.64. The molecule has 8 nitrogen and oxygen atoms in total. The summed E-state index contributed by atoms with van der Waals surface area (Å²) in [5.41, 5.74) is 0.757. The van der Waals surface area contributed by atoms with E-state index in [-0.39, 0.29) is 5.56 Å². The van der Waals surface area contributed by atoms with Gasteiger partial charge in [0.05, 0.1) is 18.1 Å². The highest BCUT2D eigenvalue weighted by molar-refractivity contribution is 7.88. The lowest BCUT2D eigenvalue weighted by Crippen LogP contribution is -2.26. The van der Waals surface area contributed by atoms with Crippen molar-refractivity contribution in [3.8, 4) is 0 Å². The first-order valence-electron chi connectivity index (χ1n) is 5.71. The molecular weight excluding hydrogens is 272 g/mol. The Bertz CT molecular complexity index is 538. The van der Waals surface area contributed by atoms with Crippen molar-refractivity contribution in [2.24, 2.45) is 7.05 Å². The molecule has 0 spiro atoms. The van der Waals surface area contributed by atoms with Crippen molar-refractivity contribution in [3.05, 3.63) is 17.5 Å². The lowest BCUT2D eigenvalue weighted by molar-refractivity contribution is 0.0695. The van der Waals surface area contributed by atoms with Crippen LogP contribution in [0.4, 0.5) is 0 Å². The first-order chi connectivity index (χ1) is 8.81. The SMILES string of the molecule is Cn1ncc(C(=O)O)c1CNCCCNS(C)(=O)=O. The molecule has 1 aromatic heterocycles. The van der Waals surface area contributed by atoms with Gasteiger partial charge in [-0.25, -0.2) is 17.9 Å². The van der Waals surface area contributed by atoms with Crippen molar-refractivity contribution in [2.45, 2.75) is 13.0 Å². The van der Waals surface area contributed by atoms with E-state index in [9.17, 15) is 13.2 Å². The monoisotopic (exact) mass is 290 g/mol. The molecule has 0 aliphatic carbocycles. The molecule has 0 unspecified atom stereocenters. The number of carbonyl (C=O) groups is 1. The third-order valence-corrected chi connectivity index (χ3v) is 3.21. The van der Waals surface area contributed by atoms with Crippen molar-refractivity contribution < 1.29 is 18.3 Å². The van der Waals surface area contributed by atoms with E-state index in [0.29, 0.717) is 31.7 Å². The molecule has 1 rings (SSSR count). The van der Waals surface area contributed by atoms with Gasteiger partial charge in [-0.2, -0.15) is 5.10 Å². The lowest BCUT2D eigenvalue weighted by atomic mass is 10.2. The van der Waals surface area contributed by atoms with Gasteiger partial charge in [0, 0.05) is 20.1 Å². The highest BCUT2D eigenvalue weighted by Gasteiger charge is 2.14. The maximum Gasteiger partial charge on any atom is 0.339 e. The summed E-state index contributed by atoms with van der Waals surface area (Å²) in [6.45, 7) is 1.30. The number of carboxylic acids is 1. The molecule has 9 heteroatoms. The van der Waals surface area contributed by atoms with Gasteiger partial charge in [-0.05, 0) is 13.0 Å². The Labute approximate surface area is 111 Å². The standard InChI is InChI=1S/C10H18N4O4S/c1-14-9(8(6-12-14)10(15)16)7-11-4-3-5-13-19(2,17)18/h6,11,13H,3-5,7H2,1-2H3,(H,15,16). The predicted octanol–water partition coefficient (Wildman–Crippen LogP) is -0.853. The average molecular weight is 290 g/mol. The van der Waals surface area contributed by atoms with Crippen LogP contribution in [0, 0.1) is 0 Å². The van der Waals surface area contributed by atoms with Crippen LogP contribution >= 0.6 is 0 Å². The van der Waals surface area contributed by atoms with E-state index in [1.165, 1.54) is 10.9 Å². The summed E-state index contributed by atoms with van der Waals surface area (Å²) in [4.78, 5) is 10.9. The summed E-state index contributed by atoms with van der Waals surface area (Å²) in [5.74, 6) is -1.01. The first kappa shape index (κ1) is 15.6. The van der Waals surface area contributed by atoms with E-state index in [1.54, 1.807) is 7.05 Å². The van der Waals surface area contributed by atoms with Crippen molar-refractivity contribution in [1.29, 1.82) is 0 Å². The third kappa shape index (κ3) is 5.37. The van der Waals surface area contributed by atoms with Gasteiger partial charge in [-0.3, -0.25) is 4.68 Å². The van der Waals surface area contributed by atoms with Gasteiger partial charge in [0.2, 0.25) is 10.0 Å². The van der Waals surface area contributed by atoms with Crippen LogP contribution < -0.4 is 10.0 Å². The maximum atomic E-state index is 10.9. The summed E-state index contributed by atoms with van der Waals surface area (Å²) < 4.78 is 25.5. The zero-order valence-corrected chi connectivity index (χ0v) is 11.7. The topological polar surface area (TPSA) is 113 Å². The fourth-order valence-corrected chi connectivity index (χ4v) is 2.04. The number of aryl methyl sites for hydroxylation is 1. The molecule has 0 saturated heterocycles. The summed E-state index contributed by atoms with van der Waals surface area (Å²) in [6.07, 6.45) is 3.03. The van der Waals surface area contributed by atoms with Crippen molar-refractivity contribution >= 4 is 16.0 Å². The van der Waals surface area contributed by atoms with Gasteiger partial charge in [-0.1, -0.05) is 0 Å². The van der Waals surface area contributed by atoms with Gasteiger partial charge >= 0.3 is 5.97 Å². The summed E-state index contributed by atoms with van der Waals surface area (Å²) in [6, 6.07) is 0. The van der Waals surface area contributed by atoms with E-state index >= 15 is 0 Å². The van der Waals surface area contributed by atoms with Crippen LogP contribution in [0.3, 0.4) is 0 Å². The number of hydrogen-bond acceptors (Lipinski definition) is 5. The summed E-state index contributed by atoms with van der Waals surface area (Å²) in [5, 5.41) is 15.9. The molecule has 19 heavy (non-hydrogen) atoms. The largest absolute Gasteiger partial charge is 0.478 e. The molecule has 0 aromatic carbocycles. The van der Waals surface area contributed by atoms with Gasteiger partial charge < -0.3 is 10.4 Å². The van der Waals surface area contributed by atoms with Crippen LogP contribution in [-0.2, 0) is 23.6 Å². The minimum atomic E-state index is -3.15. The number of nitrogens with zero attached hydrogens (tertiary/aromatic N) is 2. The zero-order valence-electron chi connectivity index (χ0n) is 10.9. The molecule has 0 aliphatic heterocycles. The first-order valence-corrected chi connectivity index (χ1v) is 7.60. The van der Waals surface area contributed by atoms with Crippen molar-refractivity contribution in [2.75, 3.05) is 19.3 Å². The van der Waals surface area contributed by atoms with E-state index < -0.39 is 16.0 Å². The van der Waals surface area contributed by atoms with Crippen LogP contribution in [0.25, 0.3) is 0 Å². The van der Waals surface area contributed by atoms with E-state index in [2.05, 4.69) is 15.1 Å². The molecule has 1 heterocycles. The smallest absolute Gasteiger partial charge is 0.339 e. The van der Waals surface area contributed by atoms with Crippen LogP contribution in [0.15, 0.2) is 6.20 Å². The summed E-state index contributed by atoms with van der Waals surface area (Å²) >= 11 is 0. The Kier molecular flexibility index (Phi) is 5.45. The quantitative estimate of drug-likeness (QED) is 0.537. The summed E-state index contributed by atoms with van der Waals surface area (Å²) in [7, 11) is -1.47. The molecule has 0 radical (unpaired) electrons. The van der Waals surface area contributed by atoms with Gasteiger partial charge in [0.1, 0.15) is 5.56 Å². The minimum Gasteiger partial charge on any atom is -0.478 e. The number of rotatable bonds is 8. The fraction of sp³-hybridized carbons (Fsp3) is 0.600. The fourth-order valence-electron chi connectivity index (χ4n) is 1.53. The minimum absolute atomic E-state index is 0.171. The Morgan fingerprint density at radius 1 is 1.47 bits per heavy atom. The van der Waals surface area contributed by atoms with E-state index in [0.717, 1.165) is 6.26 Å². The molecule has 108 valence electrons. The molecule has 0 aliphatic rings. The second-order valence-electron chi connectivity index (χ2n) is 4.13. The molecular formula is C10H18N4O4S. The lowest BCUT2D eigenvalue weighted by Gasteiger charge is -2.07. The van der Waals surface area contributed by atoms with Gasteiger partial charge in [0.25, 0.3) is 0 Å². The normalized spacial score (nSPS) is 11.7. The van der Waals surface area contributed by atoms with Gasteiger partial charge in [0.15, 0.2) is 0 Å². The highest BCUT2D eigenvalue weighted by Crippen LogP contribution is 2.06. The Morgan fingerprint density at radius 3 is 2.74 bits per heavy atom. The Balaban J connectivity index is 2.34. The molecule has 0 saturated carbocycles. The molecule has 1 aromatic rings. The molecule has 0 atom stereocenters. The number of aromatic nitrogens is 2. The molecule has 3 N–H and O–H groups in total. The van der Waals surface area contributed by atoms with Crippen LogP contribution in [0.1, 0.15) is 22.5 Å². The Hall–Kier alpha value is -1.45. The van der Waals surface area contributed by atoms with Crippen LogP contribution in [0.2, 0.25) is 0 Å². The number of hydrogen-bond donors (Lipinski definition) is 3. The predicted molar refractivity (Wildman–Crippen MR) is 69.3 cm³/mol. The highest BCUT2D eigenvalue weighted by atomic mass is 32.2. The molecule has 0 fully saturated rings. The molecule has 0 amide bonds. The van der Waals surface area contributed by atoms with E-state index in [1.807, 2.05) is 0 Å². The number of sulfonamides is 1. The Morgan fingerprint density at radius 2 is 2.16 bits per heavy atom. The van der Waals surface area contributed by atoms with Crippen LogP contribution in [0.5, 0.6) is 0 Å². The number of carboxylic acid groups (broad SMARTS) is 1. The van der Waals surface area contributed by atoms with Crippen molar-refractivity contribution in [1.82, 2.24) is 19.8 Å². The third-order valence-electron chi connectivity index (χ3n) is 2.48. The van der Waals surface area contributed by atoms with E-state index in [4.69, 9.17) is 5.11 Å². The van der Waals surface area contributed by atoms with Crippen molar-refractivity contribution in [3.63, 3.8) is 0 Å².